The summed E-state index contributed by atoms with van der Waals surface area (Å²) >= 11 is 0. The van der Waals surface area contributed by atoms with E-state index in [0.29, 0.717) is 45.0 Å². The van der Waals surface area contributed by atoms with Gasteiger partial charge in [-0.1, -0.05) is 12.1 Å². The van der Waals surface area contributed by atoms with Crippen molar-refractivity contribution < 1.29 is 14.0 Å². The maximum atomic E-state index is 13.8. The summed E-state index contributed by atoms with van der Waals surface area (Å²) in [4.78, 5) is 29.3. The lowest BCUT2D eigenvalue weighted by atomic mass is 10.2. The zero-order valence-corrected chi connectivity index (χ0v) is 13.0. The van der Waals surface area contributed by atoms with Crippen LogP contribution in [0, 0.1) is 5.82 Å². The van der Waals surface area contributed by atoms with E-state index in [9.17, 15) is 14.0 Å². The van der Waals surface area contributed by atoms with Crippen LogP contribution in [0.1, 0.15) is 0 Å². The molecule has 3 rings (SSSR count). The Morgan fingerprint density at radius 3 is 2.57 bits per heavy atom. The zero-order chi connectivity index (χ0) is 16.2. The van der Waals surface area contributed by atoms with E-state index in [2.05, 4.69) is 5.32 Å². The Labute approximate surface area is 134 Å². The highest BCUT2D eigenvalue weighted by Crippen LogP contribution is 2.20. The average Bonchev–Trinajstić information content (AvgIpc) is 2.55. The molecule has 2 aliphatic rings. The normalized spacial score (nSPS) is 19.6. The predicted octanol–water partition coefficient (Wildman–Crippen LogP) is -0.0939. The minimum Gasteiger partial charge on any atom is -0.366 e. The van der Waals surface area contributed by atoms with Gasteiger partial charge in [0, 0.05) is 39.3 Å². The second-order valence-electron chi connectivity index (χ2n) is 5.88. The van der Waals surface area contributed by atoms with Gasteiger partial charge >= 0.3 is 0 Å². The first-order valence-corrected chi connectivity index (χ1v) is 7.90. The van der Waals surface area contributed by atoms with Crippen molar-refractivity contribution in [1.29, 1.82) is 0 Å². The van der Waals surface area contributed by atoms with Gasteiger partial charge in [0.15, 0.2) is 0 Å². The fraction of sp³-hybridized carbons (Fsp3) is 0.500. The van der Waals surface area contributed by atoms with Crippen molar-refractivity contribution in [2.75, 3.05) is 57.3 Å². The predicted molar refractivity (Wildman–Crippen MR) is 84.6 cm³/mol. The average molecular weight is 320 g/mol. The number of nitrogens with one attached hydrogen (secondary N) is 1. The number of hydrogen-bond donors (Lipinski definition) is 1. The molecular formula is C16H21FN4O2. The topological polar surface area (TPSA) is 55.9 Å². The van der Waals surface area contributed by atoms with Crippen LogP contribution in [-0.2, 0) is 9.59 Å². The minimum atomic E-state index is -0.230. The van der Waals surface area contributed by atoms with E-state index < -0.39 is 0 Å². The number of amides is 2. The standard InChI is InChI=1S/C16H21FN4O2/c17-13-3-1-2-4-14(13)20-7-9-21(10-8-20)16(23)12-19-6-5-18-15(22)11-19/h1-4H,5-12H2,(H,18,22). The molecule has 0 aromatic heterocycles. The summed E-state index contributed by atoms with van der Waals surface area (Å²) in [6, 6.07) is 6.71. The van der Waals surface area contributed by atoms with Gasteiger partial charge in [0.05, 0.1) is 18.8 Å². The molecule has 2 aliphatic heterocycles. The number of para-hydroxylation sites is 1. The van der Waals surface area contributed by atoms with Crippen LogP contribution in [0.15, 0.2) is 24.3 Å². The van der Waals surface area contributed by atoms with Crippen molar-refractivity contribution in [2.45, 2.75) is 0 Å². The molecule has 1 aromatic carbocycles. The van der Waals surface area contributed by atoms with Crippen molar-refractivity contribution in [3.8, 4) is 0 Å². The maximum Gasteiger partial charge on any atom is 0.236 e. The van der Waals surface area contributed by atoms with Gasteiger partial charge in [0.1, 0.15) is 5.82 Å². The Morgan fingerprint density at radius 1 is 1.13 bits per heavy atom. The van der Waals surface area contributed by atoms with Crippen LogP contribution in [0.5, 0.6) is 0 Å². The van der Waals surface area contributed by atoms with Gasteiger partial charge in [0.2, 0.25) is 11.8 Å². The highest BCUT2D eigenvalue weighted by Gasteiger charge is 2.25. The second-order valence-corrected chi connectivity index (χ2v) is 5.88. The van der Waals surface area contributed by atoms with Crippen LogP contribution < -0.4 is 10.2 Å². The molecule has 0 spiro atoms. The maximum absolute atomic E-state index is 13.8. The molecule has 1 N–H and O–H groups in total. The molecule has 2 amide bonds. The summed E-state index contributed by atoms with van der Waals surface area (Å²) in [6.07, 6.45) is 0. The second kappa shape index (κ2) is 6.95. The third-order valence-electron chi connectivity index (χ3n) is 4.30. The summed E-state index contributed by atoms with van der Waals surface area (Å²) < 4.78 is 13.8. The van der Waals surface area contributed by atoms with Crippen LogP contribution in [0.3, 0.4) is 0 Å². The highest BCUT2D eigenvalue weighted by molar-refractivity contribution is 5.82. The molecule has 0 unspecified atom stereocenters. The molecule has 6 nitrogen and oxygen atoms in total. The number of carbonyl (C=O) groups excluding carboxylic acids is 2. The number of hydrogen-bond acceptors (Lipinski definition) is 4. The molecule has 2 saturated heterocycles. The molecular weight excluding hydrogens is 299 g/mol. The first kappa shape index (κ1) is 15.7. The number of nitrogens with zero attached hydrogens (tertiary/aromatic N) is 3. The van der Waals surface area contributed by atoms with Crippen LogP contribution in [0.2, 0.25) is 0 Å². The van der Waals surface area contributed by atoms with E-state index in [0.717, 1.165) is 0 Å². The van der Waals surface area contributed by atoms with Crippen molar-refractivity contribution in [3.05, 3.63) is 30.1 Å². The Balaban J connectivity index is 1.51. The van der Waals surface area contributed by atoms with Gasteiger partial charge in [-0.2, -0.15) is 0 Å². The van der Waals surface area contributed by atoms with Crippen LogP contribution in [-0.4, -0.2) is 74.0 Å². The fourth-order valence-electron chi connectivity index (χ4n) is 3.02. The highest BCUT2D eigenvalue weighted by atomic mass is 19.1. The summed E-state index contributed by atoms with van der Waals surface area (Å²) in [5.41, 5.74) is 0.590. The number of halogens is 1. The molecule has 2 heterocycles. The van der Waals surface area contributed by atoms with Crippen molar-refractivity contribution in [2.24, 2.45) is 0 Å². The molecule has 0 saturated carbocycles. The quantitative estimate of drug-likeness (QED) is 0.845. The molecule has 2 fully saturated rings. The van der Waals surface area contributed by atoms with Crippen molar-refractivity contribution in [1.82, 2.24) is 15.1 Å². The molecule has 7 heteroatoms. The molecule has 0 radical (unpaired) electrons. The summed E-state index contributed by atoms with van der Waals surface area (Å²) in [6.45, 7) is 4.23. The zero-order valence-electron chi connectivity index (χ0n) is 13.0. The first-order chi connectivity index (χ1) is 11.1. The number of piperazine rings is 2. The van der Waals surface area contributed by atoms with E-state index in [-0.39, 0.29) is 30.7 Å². The molecule has 23 heavy (non-hydrogen) atoms. The van der Waals surface area contributed by atoms with Gasteiger partial charge in [-0.25, -0.2) is 4.39 Å². The lowest BCUT2D eigenvalue weighted by Crippen LogP contribution is -2.54. The number of benzene rings is 1. The van der Waals surface area contributed by atoms with Gasteiger partial charge in [-0.05, 0) is 12.1 Å². The lowest BCUT2D eigenvalue weighted by molar-refractivity contribution is -0.134. The Kier molecular flexibility index (Phi) is 4.76. The fourth-order valence-corrected chi connectivity index (χ4v) is 3.02. The van der Waals surface area contributed by atoms with E-state index in [1.165, 1.54) is 6.07 Å². The molecule has 0 aliphatic carbocycles. The Bertz CT molecular complexity index is 587. The third-order valence-corrected chi connectivity index (χ3v) is 4.30. The molecule has 124 valence electrons. The number of anilines is 1. The summed E-state index contributed by atoms with van der Waals surface area (Å²) in [5, 5.41) is 2.75. The largest absolute Gasteiger partial charge is 0.366 e. The van der Waals surface area contributed by atoms with Crippen LogP contribution in [0.4, 0.5) is 10.1 Å². The number of carbonyl (C=O) groups is 2. The Morgan fingerprint density at radius 2 is 1.87 bits per heavy atom. The van der Waals surface area contributed by atoms with E-state index in [4.69, 9.17) is 0 Å². The number of rotatable bonds is 3. The molecule has 0 atom stereocenters. The lowest BCUT2D eigenvalue weighted by Gasteiger charge is -2.37. The van der Waals surface area contributed by atoms with Crippen LogP contribution >= 0.6 is 0 Å². The summed E-state index contributed by atoms with van der Waals surface area (Å²) in [7, 11) is 0. The van der Waals surface area contributed by atoms with E-state index >= 15 is 0 Å². The van der Waals surface area contributed by atoms with E-state index in [1.807, 2.05) is 15.9 Å². The van der Waals surface area contributed by atoms with Gasteiger partial charge < -0.3 is 15.1 Å². The minimum absolute atomic E-state index is 0.0339. The van der Waals surface area contributed by atoms with Crippen LogP contribution in [0.25, 0.3) is 0 Å². The smallest absolute Gasteiger partial charge is 0.236 e. The van der Waals surface area contributed by atoms with Crippen molar-refractivity contribution in [3.63, 3.8) is 0 Å². The first-order valence-electron chi connectivity index (χ1n) is 7.90. The van der Waals surface area contributed by atoms with Gasteiger partial charge in [-0.15, -0.1) is 0 Å². The molecule has 0 bridgehead atoms. The SMILES string of the molecule is O=C1CN(CC(=O)N2CCN(c3ccccc3F)CC2)CCN1. The van der Waals surface area contributed by atoms with Crippen molar-refractivity contribution >= 4 is 17.5 Å². The Hall–Kier alpha value is -2.15. The van der Waals surface area contributed by atoms with Gasteiger partial charge in [0.25, 0.3) is 0 Å². The monoisotopic (exact) mass is 320 g/mol. The van der Waals surface area contributed by atoms with Gasteiger partial charge in [-0.3, -0.25) is 14.5 Å². The molecule has 1 aromatic rings. The summed E-state index contributed by atoms with van der Waals surface area (Å²) in [5.74, 6) is -0.229. The third kappa shape index (κ3) is 3.79. The van der Waals surface area contributed by atoms with E-state index in [1.54, 1.807) is 17.0 Å².